The molecule has 21 heavy (non-hydrogen) atoms. The zero-order chi connectivity index (χ0) is 15.0. The van der Waals surface area contributed by atoms with Crippen molar-refractivity contribution >= 4 is 45.2 Å². The fraction of sp³-hybridized carbons (Fsp3) is 0.533. The van der Waals surface area contributed by atoms with E-state index in [1.807, 2.05) is 0 Å². The summed E-state index contributed by atoms with van der Waals surface area (Å²) in [5, 5.41) is 0. The van der Waals surface area contributed by atoms with Gasteiger partial charge in [-0.25, -0.2) is 4.98 Å². The SMILES string of the molecule is CN1CCN(C)C(Cn2c(CCl)nc3cc(I)ccc32)C1. The van der Waals surface area contributed by atoms with E-state index in [-0.39, 0.29) is 0 Å². The number of benzene rings is 1. The van der Waals surface area contributed by atoms with Gasteiger partial charge in [0.2, 0.25) is 0 Å². The van der Waals surface area contributed by atoms with Gasteiger partial charge in [-0.1, -0.05) is 0 Å². The van der Waals surface area contributed by atoms with Crippen LogP contribution in [0.5, 0.6) is 0 Å². The minimum Gasteiger partial charge on any atom is -0.325 e. The van der Waals surface area contributed by atoms with E-state index in [1.165, 1.54) is 9.09 Å². The number of rotatable bonds is 3. The van der Waals surface area contributed by atoms with E-state index >= 15 is 0 Å². The van der Waals surface area contributed by atoms with E-state index in [4.69, 9.17) is 16.6 Å². The van der Waals surface area contributed by atoms with Crippen LogP contribution in [-0.2, 0) is 12.4 Å². The van der Waals surface area contributed by atoms with E-state index in [0.29, 0.717) is 11.9 Å². The van der Waals surface area contributed by atoms with Crippen LogP contribution < -0.4 is 0 Å². The molecule has 1 aliphatic heterocycles. The zero-order valence-corrected chi connectivity index (χ0v) is 15.3. The van der Waals surface area contributed by atoms with Crippen LogP contribution in [0.2, 0.25) is 0 Å². The van der Waals surface area contributed by atoms with Gasteiger partial charge < -0.3 is 9.47 Å². The molecule has 3 rings (SSSR count). The minimum atomic E-state index is 0.456. The topological polar surface area (TPSA) is 24.3 Å². The Balaban J connectivity index is 1.95. The highest BCUT2D eigenvalue weighted by molar-refractivity contribution is 14.1. The van der Waals surface area contributed by atoms with E-state index in [1.54, 1.807) is 0 Å². The highest BCUT2D eigenvalue weighted by Gasteiger charge is 2.24. The summed E-state index contributed by atoms with van der Waals surface area (Å²) in [5.74, 6) is 1.42. The Morgan fingerprint density at radius 3 is 2.90 bits per heavy atom. The maximum absolute atomic E-state index is 6.12. The summed E-state index contributed by atoms with van der Waals surface area (Å²) in [6, 6.07) is 6.92. The van der Waals surface area contributed by atoms with Gasteiger partial charge in [0, 0.05) is 35.8 Å². The third-order valence-corrected chi connectivity index (χ3v) is 5.19. The van der Waals surface area contributed by atoms with Crippen molar-refractivity contribution in [2.75, 3.05) is 33.7 Å². The van der Waals surface area contributed by atoms with Crippen LogP contribution in [0.15, 0.2) is 18.2 Å². The van der Waals surface area contributed by atoms with Crippen molar-refractivity contribution in [3.05, 3.63) is 27.6 Å². The van der Waals surface area contributed by atoms with Gasteiger partial charge in [0.05, 0.1) is 16.9 Å². The number of imidazole rings is 1. The van der Waals surface area contributed by atoms with Gasteiger partial charge in [-0.3, -0.25) is 4.90 Å². The van der Waals surface area contributed by atoms with Crippen molar-refractivity contribution in [3.63, 3.8) is 0 Å². The fourth-order valence-corrected chi connectivity index (χ4v) is 3.65. The number of hydrogen-bond acceptors (Lipinski definition) is 3. The number of fused-ring (bicyclic) bond motifs is 1. The molecule has 6 heteroatoms. The molecule has 114 valence electrons. The first-order valence-corrected chi connectivity index (χ1v) is 8.79. The molecular formula is C15H20ClIN4. The third-order valence-electron chi connectivity index (χ3n) is 4.28. The molecule has 1 unspecified atom stereocenters. The van der Waals surface area contributed by atoms with E-state index in [0.717, 1.165) is 37.5 Å². The van der Waals surface area contributed by atoms with Gasteiger partial charge in [-0.15, -0.1) is 11.6 Å². The number of alkyl halides is 1. The summed E-state index contributed by atoms with van der Waals surface area (Å²) >= 11 is 8.44. The Kier molecular flexibility index (Phi) is 4.73. The van der Waals surface area contributed by atoms with E-state index < -0.39 is 0 Å². The molecule has 0 bridgehead atoms. The molecular weight excluding hydrogens is 399 g/mol. The summed E-state index contributed by atoms with van der Waals surface area (Å²) in [5.41, 5.74) is 2.23. The Morgan fingerprint density at radius 2 is 2.14 bits per heavy atom. The average molecular weight is 419 g/mol. The zero-order valence-electron chi connectivity index (χ0n) is 12.4. The summed E-state index contributed by atoms with van der Waals surface area (Å²) in [4.78, 5) is 9.53. The second kappa shape index (κ2) is 6.40. The molecule has 1 aliphatic rings. The molecule has 0 amide bonds. The van der Waals surface area contributed by atoms with Gasteiger partial charge in [0.15, 0.2) is 0 Å². The van der Waals surface area contributed by atoms with Crippen LogP contribution in [0, 0.1) is 3.57 Å². The fourth-order valence-electron chi connectivity index (χ4n) is 2.97. The molecule has 1 aromatic heterocycles. The summed E-state index contributed by atoms with van der Waals surface area (Å²) in [7, 11) is 4.40. The normalized spacial score (nSPS) is 21.2. The van der Waals surface area contributed by atoms with Crippen LogP contribution >= 0.6 is 34.2 Å². The minimum absolute atomic E-state index is 0.456. The van der Waals surface area contributed by atoms with Crippen LogP contribution in [-0.4, -0.2) is 59.1 Å². The molecule has 1 atom stereocenters. The van der Waals surface area contributed by atoms with Gasteiger partial charge in [0.1, 0.15) is 5.82 Å². The Labute approximate surface area is 144 Å². The lowest BCUT2D eigenvalue weighted by Crippen LogP contribution is -2.51. The van der Waals surface area contributed by atoms with Gasteiger partial charge >= 0.3 is 0 Å². The number of likely N-dealkylation sites (N-methyl/N-ethyl adjacent to an activating group) is 2. The molecule has 0 N–H and O–H groups in total. The van der Waals surface area contributed by atoms with Crippen molar-refractivity contribution in [3.8, 4) is 0 Å². The smallest absolute Gasteiger partial charge is 0.124 e. The number of hydrogen-bond donors (Lipinski definition) is 0. The molecule has 1 fully saturated rings. The first-order valence-electron chi connectivity index (χ1n) is 7.18. The van der Waals surface area contributed by atoms with Crippen molar-refractivity contribution in [2.24, 2.45) is 0 Å². The van der Waals surface area contributed by atoms with Crippen molar-refractivity contribution in [1.82, 2.24) is 19.4 Å². The quantitative estimate of drug-likeness (QED) is 0.566. The molecule has 1 saturated heterocycles. The average Bonchev–Trinajstić information content (AvgIpc) is 2.80. The standard InChI is InChI=1S/C15H20ClIN4/c1-19-5-6-20(2)12(9-19)10-21-14-4-3-11(17)7-13(14)18-15(21)8-16/h3-4,7,12H,5-6,8-10H2,1-2H3. The predicted octanol–water partition coefficient (Wildman–Crippen LogP) is 2.63. The lowest BCUT2D eigenvalue weighted by atomic mass is 10.2. The second-order valence-electron chi connectivity index (χ2n) is 5.80. The van der Waals surface area contributed by atoms with Gasteiger partial charge in [-0.05, 0) is 54.9 Å². The first kappa shape index (κ1) is 15.5. The number of piperazine rings is 1. The first-order chi connectivity index (χ1) is 10.1. The van der Waals surface area contributed by atoms with Gasteiger partial charge in [-0.2, -0.15) is 0 Å². The monoisotopic (exact) mass is 418 g/mol. The molecule has 0 radical (unpaired) electrons. The molecule has 1 aromatic carbocycles. The molecule has 2 heterocycles. The van der Waals surface area contributed by atoms with Crippen molar-refractivity contribution < 1.29 is 0 Å². The molecule has 4 nitrogen and oxygen atoms in total. The Morgan fingerprint density at radius 1 is 1.33 bits per heavy atom. The molecule has 0 spiro atoms. The Bertz CT molecular complexity index is 642. The maximum Gasteiger partial charge on any atom is 0.124 e. The van der Waals surface area contributed by atoms with Crippen molar-refractivity contribution in [2.45, 2.75) is 18.5 Å². The largest absolute Gasteiger partial charge is 0.325 e. The number of aromatic nitrogens is 2. The van der Waals surface area contributed by atoms with Crippen LogP contribution in [0.1, 0.15) is 5.82 Å². The van der Waals surface area contributed by atoms with Crippen LogP contribution in [0.4, 0.5) is 0 Å². The summed E-state index contributed by atoms with van der Waals surface area (Å²) in [6.45, 7) is 4.28. The van der Waals surface area contributed by atoms with Crippen LogP contribution in [0.3, 0.4) is 0 Å². The molecule has 0 aliphatic carbocycles. The van der Waals surface area contributed by atoms with E-state index in [9.17, 15) is 0 Å². The summed E-state index contributed by atoms with van der Waals surface area (Å²) in [6.07, 6.45) is 0. The second-order valence-corrected chi connectivity index (χ2v) is 7.31. The lowest BCUT2D eigenvalue weighted by Gasteiger charge is -2.38. The number of halogens is 2. The molecule has 2 aromatic rings. The van der Waals surface area contributed by atoms with Gasteiger partial charge in [0.25, 0.3) is 0 Å². The highest BCUT2D eigenvalue weighted by Crippen LogP contribution is 2.22. The molecule has 0 saturated carbocycles. The van der Waals surface area contributed by atoms with Crippen LogP contribution in [0.25, 0.3) is 11.0 Å². The highest BCUT2D eigenvalue weighted by atomic mass is 127. The lowest BCUT2D eigenvalue weighted by molar-refractivity contribution is 0.103. The number of nitrogens with zero attached hydrogens (tertiary/aromatic N) is 4. The summed E-state index contributed by atoms with van der Waals surface area (Å²) < 4.78 is 3.50. The predicted molar refractivity (Wildman–Crippen MR) is 95.9 cm³/mol. The van der Waals surface area contributed by atoms with E-state index in [2.05, 4.69) is 69.3 Å². The maximum atomic E-state index is 6.12. The van der Waals surface area contributed by atoms with Crippen molar-refractivity contribution in [1.29, 1.82) is 0 Å². The third kappa shape index (κ3) is 3.21. The Hall–Kier alpha value is -0.370.